The van der Waals surface area contributed by atoms with E-state index in [-0.39, 0.29) is 44.2 Å². The summed E-state index contributed by atoms with van der Waals surface area (Å²) in [6.07, 6.45) is 3.30. The monoisotopic (exact) mass is 784 g/mol. The number of ether oxygens (including phenoxy) is 5. The van der Waals surface area contributed by atoms with Gasteiger partial charge in [0.1, 0.15) is 0 Å². The summed E-state index contributed by atoms with van der Waals surface area (Å²) >= 11 is 0. The smallest absolute Gasteiger partial charge is 0.311 e. The number of rotatable bonds is 11. The molecule has 296 valence electrons. The molecule has 14 nitrogen and oxygen atoms in total. The van der Waals surface area contributed by atoms with Gasteiger partial charge in [-0.2, -0.15) is 0 Å². The lowest BCUT2D eigenvalue weighted by Gasteiger charge is -2.16. The van der Waals surface area contributed by atoms with E-state index in [2.05, 4.69) is 20.6 Å². The molecule has 2 aliphatic heterocycles. The molecule has 2 aliphatic carbocycles. The number of aromatic amines is 2. The first kappa shape index (κ1) is 36.7. The zero-order chi connectivity index (χ0) is 40.0. The SMILES string of the molecule is CCOC(=O)Cc1cc2cc(NC(=O)C3(c4ccc5c(c4)OCO5)CC3)ccc2[nH]1.O=C(O)Cc1cc2cc(NC(=O)C3(c4ccc5c(c4)OCO5)CC3)ccc2[nH]1. The Kier molecular flexibility index (Phi) is 9.18. The Hall–Kier alpha value is -6.96. The Labute approximate surface area is 331 Å². The number of esters is 1. The van der Waals surface area contributed by atoms with Crippen molar-refractivity contribution in [1.29, 1.82) is 0 Å². The van der Waals surface area contributed by atoms with Crippen molar-refractivity contribution in [1.82, 2.24) is 9.97 Å². The highest BCUT2D eigenvalue weighted by atomic mass is 16.7. The molecule has 2 fully saturated rings. The summed E-state index contributed by atoms with van der Waals surface area (Å²) in [4.78, 5) is 55.0. The first-order chi connectivity index (χ1) is 28.1. The van der Waals surface area contributed by atoms with Crippen molar-refractivity contribution in [3.63, 3.8) is 0 Å². The highest BCUT2D eigenvalue weighted by Crippen LogP contribution is 2.52. The lowest BCUT2D eigenvalue weighted by molar-refractivity contribution is -0.142. The minimum Gasteiger partial charge on any atom is -0.481 e. The van der Waals surface area contributed by atoms with Crippen LogP contribution in [0.1, 0.15) is 55.1 Å². The number of hydrogen-bond acceptors (Lipinski definition) is 9. The first-order valence-corrected chi connectivity index (χ1v) is 19.1. The predicted octanol–water partition coefficient (Wildman–Crippen LogP) is 6.87. The van der Waals surface area contributed by atoms with Crippen molar-refractivity contribution >= 4 is 56.9 Å². The van der Waals surface area contributed by atoms with Crippen LogP contribution in [-0.2, 0) is 47.6 Å². The molecule has 0 spiro atoms. The maximum atomic E-state index is 13.1. The van der Waals surface area contributed by atoms with Crippen molar-refractivity contribution in [2.24, 2.45) is 0 Å². The first-order valence-electron chi connectivity index (χ1n) is 19.1. The minimum atomic E-state index is -0.889. The van der Waals surface area contributed by atoms with E-state index in [1.807, 2.05) is 78.9 Å². The van der Waals surface area contributed by atoms with Crippen molar-refractivity contribution in [2.45, 2.75) is 56.3 Å². The molecule has 0 radical (unpaired) electrons. The number of aliphatic carboxylic acids is 1. The molecule has 2 amide bonds. The number of carboxylic acid groups (broad SMARTS) is 1. The molecule has 0 unspecified atom stereocenters. The molecular formula is C44H40N4O10. The molecule has 4 heterocycles. The zero-order valence-electron chi connectivity index (χ0n) is 31.6. The molecule has 0 bridgehead atoms. The molecule has 2 aromatic heterocycles. The third kappa shape index (κ3) is 7.12. The molecule has 4 aliphatic rings. The van der Waals surface area contributed by atoms with Crippen molar-refractivity contribution in [2.75, 3.05) is 30.8 Å². The fourth-order valence-electron chi connectivity index (χ4n) is 7.70. The van der Waals surface area contributed by atoms with Gasteiger partial charge < -0.3 is 49.4 Å². The quantitative estimate of drug-likeness (QED) is 0.0868. The maximum absolute atomic E-state index is 13.1. The summed E-state index contributed by atoms with van der Waals surface area (Å²) in [7, 11) is 0. The second-order valence-corrected chi connectivity index (χ2v) is 15.0. The average Bonchev–Trinajstić information content (AvgIpc) is 3.94. The number of aromatic nitrogens is 2. The summed E-state index contributed by atoms with van der Waals surface area (Å²) < 4.78 is 26.6. The number of amides is 2. The van der Waals surface area contributed by atoms with E-state index in [9.17, 15) is 19.2 Å². The van der Waals surface area contributed by atoms with E-state index >= 15 is 0 Å². The van der Waals surface area contributed by atoms with Gasteiger partial charge in [0.25, 0.3) is 0 Å². The van der Waals surface area contributed by atoms with Crippen LogP contribution in [0.4, 0.5) is 11.4 Å². The number of fused-ring (bicyclic) bond motifs is 4. The summed E-state index contributed by atoms with van der Waals surface area (Å²) in [5, 5.41) is 16.8. The molecule has 4 aromatic carbocycles. The van der Waals surface area contributed by atoms with Crippen molar-refractivity contribution in [3.05, 3.63) is 107 Å². The third-order valence-electron chi connectivity index (χ3n) is 11.1. The van der Waals surface area contributed by atoms with Crippen LogP contribution in [0.15, 0.2) is 84.9 Å². The van der Waals surface area contributed by atoms with Gasteiger partial charge >= 0.3 is 11.9 Å². The molecule has 0 atom stereocenters. The largest absolute Gasteiger partial charge is 0.481 e. The van der Waals surface area contributed by atoms with Gasteiger partial charge in [-0.05, 0) is 117 Å². The topological polar surface area (TPSA) is 190 Å². The van der Waals surface area contributed by atoms with Crippen LogP contribution < -0.4 is 29.6 Å². The zero-order valence-corrected chi connectivity index (χ0v) is 31.6. The predicted molar refractivity (Wildman–Crippen MR) is 212 cm³/mol. The minimum absolute atomic E-state index is 0.0250. The molecule has 2 saturated carbocycles. The lowest BCUT2D eigenvalue weighted by atomic mass is 9.94. The normalized spacial score (nSPS) is 15.9. The maximum Gasteiger partial charge on any atom is 0.311 e. The highest BCUT2D eigenvalue weighted by molar-refractivity contribution is 6.03. The van der Waals surface area contributed by atoms with Gasteiger partial charge in [0.05, 0.1) is 30.3 Å². The molecular weight excluding hydrogens is 745 g/mol. The summed E-state index contributed by atoms with van der Waals surface area (Å²) in [5.41, 5.74) is 5.38. The number of carbonyl (C=O) groups excluding carboxylic acids is 3. The summed E-state index contributed by atoms with van der Waals surface area (Å²) in [6.45, 7) is 2.57. The molecule has 6 aromatic rings. The van der Waals surface area contributed by atoms with E-state index in [0.29, 0.717) is 41.0 Å². The fourth-order valence-corrected chi connectivity index (χ4v) is 7.70. The third-order valence-corrected chi connectivity index (χ3v) is 11.1. The molecule has 0 saturated heterocycles. The molecule has 58 heavy (non-hydrogen) atoms. The van der Waals surface area contributed by atoms with Crippen LogP contribution in [0.25, 0.3) is 21.8 Å². The Balaban J connectivity index is 0.000000151. The van der Waals surface area contributed by atoms with Crippen molar-refractivity contribution < 1.29 is 48.0 Å². The van der Waals surface area contributed by atoms with Crippen molar-refractivity contribution in [3.8, 4) is 23.0 Å². The Morgan fingerprint density at radius 2 is 1.09 bits per heavy atom. The van der Waals surface area contributed by atoms with Crippen LogP contribution in [0.5, 0.6) is 23.0 Å². The van der Waals surface area contributed by atoms with Gasteiger partial charge in [-0.25, -0.2) is 0 Å². The van der Waals surface area contributed by atoms with E-state index < -0.39 is 16.8 Å². The number of nitrogens with one attached hydrogen (secondary N) is 4. The lowest BCUT2D eigenvalue weighted by Crippen LogP contribution is -2.27. The summed E-state index contributed by atoms with van der Waals surface area (Å²) in [6, 6.07) is 26.3. The second kappa shape index (κ2) is 14.5. The molecule has 10 rings (SSSR count). The van der Waals surface area contributed by atoms with E-state index in [1.165, 1.54) is 0 Å². The molecule has 14 heteroatoms. The Morgan fingerprint density at radius 1 is 0.621 bits per heavy atom. The van der Waals surface area contributed by atoms with Gasteiger partial charge in [0.15, 0.2) is 23.0 Å². The number of hydrogen-bond donors (Lipinski definition) is 5. The number of anilines is 2. The number of carbonyl (C=O) groups is 4. The standard InChI is InChI=1S/C23H22N2O5.C21H18N2O5/c1-2-28-21(26)12-17-10-14-9-16(4-5-18(14)24-17)25-22(27)23(7-8-23)15-3-6-19-20(11-15)30-13-29-19;24-19(25)10-15-8-12-7-14(2-3-16(12)22-15)23-20(26)21(5-6-21)13-1-4-17-18(9-13)28-11-27-17/h3-6,9-11,24H,2,7-8,12-13H2,1H3,(H,25,27);1-4,7-9,22H,5-6,10-11H2,(H,23,26)(H,24,25). The van der Waals surface area contributed by atoms with E-state index in [4.69, 9.17) is 28.8 Å². The van der Waals surface area contributed by atoms with Crippen LogP contribution in [-0.4, -0.2) is 59.0 Å². The van der Waals surface area contributed by atoms with Gasteiger partial charge in [-0.1, -0.05) is 12.1 Å². The summed E-state index contributed by atoms with van der Waals surface area (Å²) in [5.74, 6) is 1.55. The number of H-pyrrole nitrogens is 2. The highest BCUT2D eigenvalue weighted by Gasteiger charge is 2.52. The number of carboxylic acids is 1. The van der Waals surface area contributed by atoms with Gasteiger partial charge in [0.2, 0.25) is 25.4 Å². The fraction of sp³-hybridized carbons (Fsp3) is 0.273. The van der Waals surface area contributed by atoms with E-state index in [1.54, 1.807) is 13.0 Å². The van der Waals surface area contributed by atoms with E-state index in [0.717, 1.165) is 70.0 Å². The number of benzene rings is 4. The van der Waals surface area contributed by atoms with Crippen LogP contribution in [0.3, 0.4) is 0 Å². The van der Waals surface area contributed by atoms with Gasteiger partial charge in [-0.3, -0.25) is 19.2 Å². The van der Waals surface area contributed by atoms with Gasteiger partial charge in [-0.15, -0.1) is 0 Å². The van der Waals surface area contributed by atoms with Crippen LogP contribution >= 0.6 is 0 Å². The van der Waals surface area contributed by atoms with Gasteiger partial charge in [0, 0.05) is 44.6 Å². The molecule has 5 N–H and O–H groups in total. The van der Waals surface area contributed by atoms with Crippen LogP contribution in [0.2, 0.25) is 0 Å². The Morgan fingerprint density at radius 3 is 1.53 bits per heavy atom. The second-order valence-electron chi connectivity index (χ2n) is 15.0. The Bertz CT molecular complexity index is 2620. The van der Waals surface area contributed by atoms with Crippen LogP contribution in [0, 0.1) is 0 Å². The average molecular weight is 785 g/mol.